The molecule has 3 nitrogen and oxygen atoms in total. The Hall–Kier alpha value is -0.120. The topological polar surface area (TPSA) is 44.5 Å². The number of rotatable bonds is 4. The molecule has 3 heteroatoms. The van der Waals surface area contributed by atoms with Gasteiger partial charge in [-0.3, -0.25) is 0 Å². The first-order chi connectivity index (χ1) is 8.67. The third-order valence-electron chi connectivity index (χ3n) is 4.88. The van der Waals surface area contributed by atoms with E-state index in [1.165, 1.54) is 12.8 Å². The number of hydrogen-bond donors (Lipinski definition) is 1. The molecule has 0 aromatic carbocycles. The van der Waals surface area contributed by atoms with E-state index in [2.05, 4.69) is 13.8 Å². The molecular weight excluding hydrogens is 226 g/mol. The number of nitrogens with two attached hydrogens (primary N) is 1. The molecule has 0 saturated carbocycles. The third kappa shape index (κ3) is 3.25. The van der Waals surface area contributed by atoms with Gasteiger partial charge < -0.3 is 15.2 Å². The second-order valence-corrected chi connectivity index (χ2v) is 6.24. The molecule has 2 rings (SSSR count). The van der Waals surface area contributed by atoms with Crippen molar-refractivity contribution < 1.29 is 9.47 Å². The standard InChI is InChI=1S/C15H29NO2/c1-3-4-12(2)14(16)13-5-8-18-15(11-13)6-9-17-10-7-15/h12-14H,3-11,16H2,1-2H3. The quantitative estimate of drug-likeness (QED) is 0.840. The first-order valence-corrected chi connectivity index (χ1v) is 7.64. The fraction of sp³-hybridized carbons (Fsp3) is 1.00. The molecule has 3 unspecified atom stereocenters. The van der Waals surface area contributed by atoms with E-state index in [4.69, 9.17) is 15.2 Å². The molecule has 18 heavy (non-hydrogen) atoms. The Labute approximate surface area is 111 Å². The molecule has 2 N–H and O–H groups in total. The van der Waals surface area contributed by atoms with Gasteiger partial charge in [-0.2, -0.15) is 0 Å². The van der Waals surface area contributed by atoms with E-state index in [1.807, 2.05) is 0 Å². The van der Waals surface area contributed by atoms with Gasteiger partial charge in [-0.1, -0.05) is 20.3 Å². The van der Waals surface area contributed by atoms with Crippen molar-refractivity contribution in [1.82, 2.24) is 0 Å². The van der Waals surface area contributed by atoms with E-state index in [0.29, 0.717) is 17.9 Å². The molecule has 2 aliphatic rings. The average molecular weight is 255 g/mol. The van der Waals surface area contributed by atoms with Gasteiger partial charge >= 0.3 is 0 Å². The summed E-state index contributed by atoms with van der Waals surface area (Å²) in [6.45, 7) is 7.14. The Morgan fingerprint density at radius 1 is 1.28 bits per heavy atom. The van der Waals surface area contributed by atoms with E-state index in [-0.39, 0.29) is 5.60 Å². The van der Waals surface area contributed by atoms with Crippen molar-refractivity contribution in [2.24, 2.45) is 17.6 Å². The lowest BCUT2D eigenvalue weighted by atomic mass is 9.74. The summed E-state index contributed by atoms with van der Waals surface area (Å²) in [4.78, 5) is 0. The lowest BCUT2D eigenvalue weighted by molar-refractivity contribution is -0.150. The van der Waals surface area contributed by atoms with E-state index in [1.54, 1.807) is 0 Å². The minimum atomic E-state index is 0.0880. The van der Waals surface area contributed by atoms with Gasteiger partial charge in [0.05, 0.1) is 5.60 Å². The summed E-state index contributed by atoms with van der Waals surface area (Å²) in [5, 5.41) is 0. The predicted octanol–water partition coefficient (Wildman–Crippen LogP) is 2.73. The molecule has 2 heterocycles. The van der Waals surface area contributed by atoms with Gasteiger partial charge in [0, 0.05) is 25.9 Å². The minimum Gasteiger partial charge on any atom is -0.381 e. The Morgan fingerprint density at radius 2 is 2.00 bits per heavy atom. The van der Waals surface area contributed by atoms with Crippen LogP contribution in [0.2, 0.25) is 0 Å². The molecule has 0 aromatic heterocycles. The third-order valence-corrected chi connectivity index (χ3v) is 4.88. The van der Waals surface area contributed by atoms with E-state index in [0.717, 1.165) is 45.5 Å². The summed E-state index contributed by atoms with van der Waals surface area (Å²) in [5.41, 5.74) is 6.57. The zero-order valence-electron chi connectivity index (χ0n) is 12.0. The molecule has 2 saturated heterocycles. The van der Waals surface area contributed by atoms with Crippen LogP contribution < -0.4 is 5.73 Å². The van der Waals surface area contributed by atoms with Crippen molar-refractivity contribution in [1.29, 1.82) is 0 Å². The Kier molecular flexibility index (Phi) is 5.05. The Bertz CT molecular complexity index is 245. The molecule has 2 fully saturated rings. The van der Waals surface area contributed by atoms with Crippen LogP contribution in [-0.4, -0.2) is 31.5 Å². The second kappa shape index (κ2) is 6.36. The normalized spacial score (nSPS) is 31.2. The predicted molar refractivity (Wildman–Crippen MR) is 73.5 cm³/mol. The van der Waals surface area contributed by atoms with Crippen LogP contribution in [0.25, 0.3) is 0 Å². The van der Waals surface area contributed by atoms with E-state index < -0.39 is 0 Å². The summed E-state index contributed by atoms with van der Waals surface area (Å²) in [5.74, 6) is 1.27. The molecule has 0 radical (unpaired) electrons. The Morgan fingerprint density at radius 3 is 2.67 bits per heavy atom. The molecule has 3 atom stereocenters. The van der Waals surface area contributed by atoms with Crippen molar-refractivity contribution in [3.63, 3.8) is 0 Å². The Balaban J connectivity index is 1.93. The molecule has 0 aliphatic carbocycles. The zero-order valence-corrected chi connectivity index (χ0v) is 12.0. The fourth-order valence-corrected chi connectivity index (χ4v) is 3.60. The molecule has 0 bridgehead atoms. The lowest BCUT2D eigenvalue weighted by Crippen LogP contribution is -2.49. The van der Waals surface area contributed by atoms with Gasteiger partial charge in [-0.25, -0.2) is 0 Å². The summed E-state index contributed by atoms with van der Waals surface area (Å²) >= 11 is 0. The maximum atomic E-state index is 6.48. The molecular formula is C15H29NO2. The molecule has 0 amide bonds. The van der Waals surface area contributed by atoms with Crippen molar-refractivity contribution >= 4 is 0 Å². The maximum absolute atomic E-state index is 6.48. The van der Waals surface area contributed by atoms with Crippen LogP contribution in [0, 0.1) is 11.8 Å². The van der Waals surface area contributed by atoms with Gasteiger partial charge in [0.1, 0.15) is 0 Å². The maximum Gasteiger partial charge on any atom is 0.0729 e. The highest BCUT2D eigenvalue weighted by molar-refractivity contribution is 4.92. The van der Waals surface area contributed by atoms with Gasteiger partial charge in [0.25, 0.3) is 0 Å². The average Bonchev–Trinajstić information content (AvgIpc) is 2.39. The van der Waals surface area contributed by atoms with Crippen molar-refractivity contribution in [2.75, 3.05) is 19.8 Å². The largest absolute Gasteiger partial charge is 0.381 e. The van der Waals surface area contributed by atoms with Crippen LogP contribution in [0.1, 0.15) is 52.4 Å². The van der Waals surface area contributed by atoms with Crippen LogP contribution in [0.3, 0.4) is 0 Å². The van der Waals surface area contributed by atoms with Crippen molar-refractivity contribution in [2.45, 2.75) is 64.0 Å². The van der Waals surface area contributed by atoms with Crippen molar-refractivity contribution in [3.05, 3.63) is 0 Å². The van der Waals surface area contributed by atoms with Gasteiger partial charge in [0.2, 0.25) is 0 Å². The van der Waals surface area contributed by atoms with Gasteiger partial charge in [-0.15, -0.1) is 0 Å². The molecule has 2 aliphatic heterocycles. The number of ether oxygens (including phenoxy) is 2. The van der Waals surface area contributed by atoms with Crippen LogP contribution >= 0.6 is 0 Å². The van der Waals surface area contributed by atoms with Gasteiger partial charge in [0.15, 0.2) is 0 Å². The highest BCUT2D eigenvalue weighted by atomic mass is 16.5. The minimum absolute atomic E-state index is 0.0880. The smallest absolute Gasteiger partial charge is 0.0729 e. The highest BCUT2D eigenvalue weighted by Crippen LogP contribution is 2.39. The fourth-order valence-electron chi connectivity index (χ4n) is 3.60. The van der Waals surface area contributed by atoms with Crippen LogP contribution in [0.4, 0.5) is 0 Å². The molecule has 0 aromatic rings. The van der Waals surface area contributed by atoms with Crippen molar-refractivity contribution in [3.8, 4) is 0 Å². The molecule has 1 spiro atoms. The van der Waals surface area contributed by atoms with E-state index >= 15 is 0 Å². The van der Waals surface area contributed by atoms with Crippen LogP contribution in [0.15, 0.2) is 0 Å². The zero-order chi connectivity index (χ0) is 13.0. The first-order valence-electron chi connectivity index (χ1n) is 7.64. The van der Waals surface area contributed by atoms with E-state index in [9.17, 15) is 0 Å². The first kappa shape index (κ1) is 14.3. The summed E-state index contributed by atoms with van der Waals surface area (Å²) < 4.78 is 11.6. The monoisotopic (exact) mass is 255 g/mol. The summed E-state index contributed by atoms with van der Waals surface area (Å²) in [7, 11) is 0. The highest BCUT2D eigenvalue weighted by Gasteiger charge is 2.41. The van der Waals surface area contributed by atoms with Crippen LogP contribution in [-0.2, 0) is 9.47 Å². The molecule has 106 valence electrons. The summed E-state index contributed by atoms with van der Waals surface area (Å²) in [6.07, 6.45) is 6.87. The second-order valence-electron chi connectivity index (χ2n) is 6.24. The summed E-state index contributed by atoms with van der Waals surface area (Å²) in [6, 6.07) is 0.341. The van der Waals surface area contributed by atoms with Crippen LogP contribution in [0.5, 0.6) is 0 Å². The lowest BCUT2D eigenvalue weighted by Gasteiger charge is -2.45. The number of hydrogen-bond acceptors (Lipinski definition) is 3. The van der Waals surface area contributed by atoms with Gasteiger partial charge in [-0.05, 0) is 43.9 Å². The SMILES string of the molecule is CCCC(C)C(N)C1CCOC2(CCOCC2)C1.